The molecular formula is C13H16ClN5. The zero-order valence-electron chi connectivity index (χ0n) is 10.9. The Labute approximate surface area is 117 Å². The summed E-state index contributed by atoms with van der Waals surface area (Å²) < 4.78 is 0. The van der Waals surface area contributed by atoms with Crippen molar-refractivity contribution in [1.82, 2.24) is 20.1 Å². The van der Waals surface area contributed by atoms with E-state index in [-0.39, 0.29) is 0 Å². The molecule has 5 nitrogen and oxygen atoms in total. The smallest absolute Gasteiger partial charge is 0.129 e. The summed E-state index contributed by atoms with van der Waals surface area (Å²) in [6, 6.07) is 2.01. The molecule has 0 unspecified atom stereocenters. The van der Waals surface area contributed by atoms with Gasteiger partial charge in [0.1, 0.15) is 11.3 Å². The van der Waals surface area contributed by atoms with Gasteiger partial charge in [-0.2, -0.15) is 5.10 Å². The second kappa shape index (κ2) is 5.27. The highest BCUT2D eigenvalue weighted by Crippen LogP contribution is 2.24. The summed E-state index contributed by atoms with van der Waals surface area (Å²) in [6.07, 6.45) is 3.32. The van der Waals surface area contributed by atoms with Gasteiger partial charge in [-0.15, -0.1) is 5.10 Å². The summed E-state index contributed by atoms with van der Waals surface area (Å²) in [6.45, 7) is 7.48. The van der Waals surface area contributed by atoms with Crippen LogP contribution in [0, 0.1) is 0 Å². The van der Waals surface area contributed by atoms with Crippen molar-refractivity contribution in [2.75, 3.05) is 37.6 Å². The van der Waals surface area contributed by atoms with Crippen LogP contribution < -0.4 is 4.90 Å². The van der Waals surface area contributed by atoms with E-state index in [1.54, 1.807) is 12.4 Å². The molecule has 2 aromatic rings. The maximum atomic E-state index is 6.16. The molecule has 1 fully saturated rings. The molecule has 100 valence electrons. The molecule has 0 radical (unpaired) electrons. The van der Waals surface area contributed by atoms with Crippen molar-refractivity contribution in [3.05, 3.63) is 23.5 Å². The zero-order chi connectivity index (χ0) is 13.2. The van der Waals surface area contributed by atoms with Gasteiger partial charge in [0.05, 0.1) is 17.4 Å². The fourth-order valence-corrected chi connectivity index (χ4v) is 2.58. The predicted molar refractivity (Wildman–Crippen MR) is 76.7 cm³/mol. The number of piperazine rings is 1. The lowest BCUT2D eigenvalue weighted by Crippen LogP contribution is -2.46. The number of likely N-dealkylation sites (N-methyl/N-ethyl adjacent to an activating group) is 1. The number of hydrogen-bond donors (Lipinski definition) is 0. The van der Waals surface area contributed by atoms with Gasteiger partial charge in [-0.25, -0.2) is 4.98 Å². The van der Waals surface area contributed by atoms with Crippen LogP contribution in [0.25, 0.3) is 10.9 Å². The van der Waals surface area contributed by atoms with Crippen molar-refractivity contribution in [3.8, 4) is 0 Å². The number of halogens is 1. The van der Waals surface area contributed by atoms with Gasteiger partial charge in [0.2, 0.25) is 0 Å². The molecule has 19 heavy (non-hydrogen) atoms. The van der Waals surface area contributed by atoms with E-state index in [4.69, 9.17) is 11.6 Å². The molecular weight excluding hydrogens is 262 g/mol. The van der Waals surface area contributed by atoms with Gasteiger partial charge in [0, 0.05) is 31.6 Å². The number of anilines is 1. The Morgan fingerprint density at radius 2 is 2.00 bits per heavy atom. The number of fused-ring (bicyclic) bond motifs is 1. The number of nitrogens with zero attached hydrogens (tertiary/aromatic N) is 5. The first-order valence-electron chi connectivity index (χ1n) is 6.52. The van der Waals surface area contributed by atoms with Crippen LogP contribution in [0.15, 0.2) is 18.5 Å². The SMILES string of the molecule is CCN1CCN(c2cc3c(Cl)cnnc3cn2)CC1. The molecule has 0 amide bonds. The molecule has 1 aliphatic heterocycles. The summed E-state index contributed by atoms with van der Waals surface area (Å²) in [4.78, 5) is 9.20. The van der Waals surface area contributed by atoms with Gasteiger partial charge in [0.25, 0.3) is 0 Å². The second-order valence-electron chi connectivity index (χ2n) is 4.67. The maximum absolute atomic E-state index is 6.16. The van der Waals surface area contributed by atoms with Gasteiger partial charge in [0.15, 0.2) is 0 Å². The summed E-state index contributed by atoms with van der Waals surface area (Å²) in [5.41, 5.74) is 0.739. The van der Waals surface area contributed by atoms with Crippen molar-refractivity contribution in [2.24, 2.45) is 0 Å². The van der Waals surface area contributed by atoms with Crippen molar-refractivity contribution in [1.29, 1.82) is 0 Å². The molecule has 0 atom stereocenters. The number of hydrogen-bond acceptors (Lipinski definition) is 5. The van der Waals surface area contributed by atoms with Crippen molar-refractivity contribution < 1.29 is 0 Å². The Morgan fingerprint density at radius 1 is 1.21 bits per heavy atom. The number of aromatic nitrogens is 3. The lowest BCUT2D eigenvalue weighted by atomic mass is 10.2. The Kier molecular flexibility index (Phi) is 3.48. The Morgan fingerprint density at radius 3 is 2.74 bits per heavy atom. The van der Waals surface area contributed by atoms with Crippen molar-refractivity contribution >= 4 is 28.3 Å². The average Bonchev–Trinajstić information content (AvgIpc) is 2.47. The highest BCUT2D eigenvalue weighted by molar-refractivity contribution is 6.35. The highest BCUT2D eigenvalue weighted by atomic mass is 35.5. The van der Waals surface area contributed by atoms with Crippen molar-refractivity contribution in [2.45, 2.75) is 6.92 Å². The van der Waals surface area contributed by atoms with Crippen LogP contribution in [-0.4, -0.2) is 52.8 Å². The Hall–Kier alpha value is -1.46. The summed E-state index contributed by atoms with van der Waals surface area (Å²) >= 11 is 6.16. The Balaban J connectivity index is 1.87. The van der Waals surface area contributed by atoms with E-state index in [1.807, 2.05) is 6.07 Å². The standard InChI is InChI=1S/C13H16ClN5/c1-2-18-3-5-19(6-4-18)13-7-10-11(14)8-16-17-12(10)9-15-13/h7-9H,2-6H2,1H3. The normalized spacial score (nSPS) is 17.1. The van der Waals surface area contributed by atoms with Gasteiger partial charge < -0.3 is 9.80 Å². The van der Waals surface area contributed by atoms with Crippen LogP contribution in [0.3, 0.4) is 0 Å². The predicted octanol–water partition coefficient (Wildman–Crippen LogP) is 1.82. The van der Waals surface area contributed by atoms with Crippen LogP contribution >= 0.6 is 11.6 Å². The minimum Gasteiger partial charge on any atom is -0.354 e. The van der Waals surface area contributed by atoms with Crippen LogP contribution in [-0.2, 0) is 0 Å². The van der Waals surface area contributed by atoms with Gasteiger partial charge >= 0.3 is 0 Å². The minimum atomic E-state index is 0.626. The second-order valence-corrected chi connectivity index (χ2v) is 5.08. The van der Waals surface area contributed by atoms with Crippen LogP contribution in [0.4, 0.5) is 5.82 Å². The molecule has 6 heteroatoms. The maximum Gasteiger partial charge on any atom is 0.129 e. The lowest BCUT2D eigenvalue weighted by molar-refractivity contribution is 0.270. The van der Waals surface area contributed by atoms with Gasteiger partial charge in [-0.1, -0.05) is 18.5 Å². The summed E-state index contributed by atoms with van der Waals surface area (Å²) in [5, 5.41) is 9.41. The third kappa shape index (κ3) is 2.48. The number of pyridine rings is 1. The molecule has 1 saturated heterocycles. The highest BCUT2D eigenvalue weighted by Gasteiger charge is 2.17. The molecule has 3 heterocycles. The molecule has 1 aliphatic rings. The molecule has 0 saturated carbocycles. The monoisotopic (exact) mass is 277 g/mol. The van der Waals surface area contributed by atoms with E-state index in [1.165, 1.54) is 0 Å². The molecule has 2 aromatic heterocycles. The van der Waals surface area contributed by atoms with E-state index in [2.05, 4.69) is 31.9 Å². The third-order valence-electron chi connectivity index (χ3n) is 3.61. The molecule has 0 aliphatic carbocycles. The Bertz CT molecular complexity index is 580. The average molecular weight is 278 g/mol. The van der Waals surface area contributed by atoms with E-state index in [9.17, 15) is 0 Å². The van der Waals surface area contributed by atoms with Crippen molar-refractivity contribution in [3.63, 3.8) is 0 Å². The fourth-order valence-electron chi connectivity index (χ4n) is 2.39. The van der Waals surface area contributed by atoms with Gasteiger partial charge in [-0.05, 0) is 12.6 Å². The minimum absolute atomic E-state index is 0.626. The molecule has 3 rings (SSSR count). The molecule has 0 spiro atoms. The van der Waals surface area contributed by atoms with Crippen LogP contribution in [0.5, 0.6) is 0 Å². The fraction of sp³-hybridized carbons (Fsp3) is 0.462. The van der Waals surface area contributed by atoms with Gasteiger partial charge in [-0.3, -0.25) is 0 Å². The number of rotatable bonds is 2. The van der Waals surface area contributed by atoms with Crippen LogP contribution in [0.1, 0.15) is 6.92 Å². The molecule has 0 N–H and O–H groups in total. The van der Waals surface area contributed by atoms with Crippen LogP contribution in [0.2, 0.25) is 5.02 Å². The lowest BCUT2D eigenvalue weighted by Gasteiger charge is -2.34. The molecule has 0 bridgehead atoms. The quantitative estimate of drug-likeness (QED) is 0.838. The zero-order valence-corrected chi connectivity index (χ0v) is 11.6. The van der Waals surface area contributed by atoms with E-state index in [0.29, 0.717) is 5.02 Å². The van der Waals surface area contributed by atoms with E-state index in [0.717, 1.165) is 49.4 Å². The van der Waals surface area contributed by atoms with E-state index >= 15 is 0 Å². The van der Waals surface area contributed by atoms with E-state index < -0.39 is 0 Å². The summed E-state index contributed by atoms with van der Waals surface area (Å²) in [7, 11) is 0. The first kappa shape index (κ1) is 12.6. The largest absolute Gasteiger partial charge is 0.354 e. The first-order chi connectivity index (χ1) is 9.28. The molecule has 0 aromatic carbocycles. The topological polar surface area (TPSA) is 45.2 Å². The summed E-state index contributed by atoms with van der Waals surface area (Å²) in [5.74, 6) is 0.971. The first-order valence-corrected chi connectivity index (χ1v) is 6.90. The third-order valence-corrected chi connectivity index (χ3v) is 3.91.